The molecular formula is C17H23NO2. The van der Waals surface area contributed by atoms with E-state index >= 15 is 0 Å². The summed E-state index contributed by atoms with van der Waals surface area (Å²) in [6.45, 7) is 2.98. The van der Waals surface area contributed by atoms with Gasteiger partial charge in [-0.05, 0) is 56.2 Å². The van der Waals surface area contributed by atoms with Gasteiger partial charge in [0.15, 0.2) is 0 Å². The Labute approximate surface area is 120 Å². The molecule has 1 saturated heterocycles. The number of esters is 1. The van der Waals surface area contributed by atoms with Crippen molar-refractivity contribution in [2.75, 3.05) is 6.54 Å². The Kier molecular flexibility index (Phi) is 3.79. The minimum atomic E-state index is -0.438. The Morgan fingerprint density at radius 1 is 1.40 bits per heavy atom. The highest BCUT2D eigenvalue weighted by Gasteiger charge is 2.42. The molecule has 1 aliphatic heterocycles. The van der Waals surface area contributed by atoms with Crippen LogP contribution in [0, 0.1) is 0 Å². The van der Waals surface area contributed by atoms with E-state index in [4.69, 9.17) is 4.74 Å². The third-order valence-corrected chi connectivity index (χ3v) is 4.80. The second kappa shape index (κ2) is 5.57. The van der Waals surface area contributed by atoms with E-state index in [0.29, 0.717) is 0 Å². The van der Waals surface area contributed by atoms with Crippen LogP contribution in [0.1, 0.15) is 56.3 Å². The van der Waals surface area contributed by atoms with E-state index in [2.05, 4.69) is 30.4 Å². The quantitative estimate of drug-likeness (QED) is 0.860. The molecule has 1 N–H and O–H groups in total. The Hall–Kier alpha value is -1.35. The van der Waals surface area contributed by atoms with Crippen molar-refractivity contribution in [1.82, 2.24) is 5.32 Å². The van der Waals surface area contributed by atoms with Crippen molar-refractivity contribution in [3.63, 3.8) is 0 Å². The number of ether oxygens (including phenoxy) is 1. The van der Waals surface area contributed by atoms with Gasteiger partial charge in [-0.2, -0.15) is 0 Å². The van der Waals surface area contributed by atoms with Gasteiger partial charge in [-0.25, -0.2) is 0 Å². The third kappa shape index (κ3) is 2.35. The fourth-order valence-corrected chi connectivity index (χ4v) is 3.50. The first-order valence-electron chi connectivity index (χ1n) is 7.79. The number of benzene rings is 1. The lowest BCUT2D eigenvalue weighted by molar-refractivity contribution is -0.158. The van der Waals surface area contributed by atoms with Gasteiger partial charge >= 0.3 is 5.97 Å². The molecule has 0 amide bonds. The zero-order valence-electron chi connectivity index (χ0n) is 12.2. The monoisotopic (exact) mass is 273 g/mol. The number of hydrogen-bond acceptors (Lipinski definition) is 3. The Bertz CT molecular complexity index is 492. The maximum atomic E-state index is 12.6. The topological polar surface area (TPSA) is 38.3 Å². The summed E-state index contributed by atoms with van der Waals surface area (Å²) in [4.78, 5) is 12.6. The lowest BCUT2D eigenvalue weighted by atomic mass is 9.89. The highest BCUT2D eigenvalue weighted by molar-refractivity contribution is 5.81. The number of fused-ring (bicyclic) bond motifs is 1. The molecular weight excluding hydrogens is 250 g/mol. The molecule has 1 aromatic carbocycles. The van der Waals surface area contributed by atoms with Crippen molar-refractivity contribution >= 4 is 5.97 Å². The third-order valence-electron chi connectivity index (χ3n) is 4.80. The second-order valence-corrected chi connectivity index (χ2v) is 5.95. The summed E-state index contributed by atoms with van der Waals surface area (Å²) in [5, 5.41) is 3.36. The lowest BCUT2D eigenvalue weighted by Gasteiger charge is -2.31. The Morgan fingerprint density at radius 3 is 3.00 bits per heavy atom. The predicted octanol–water partition coefficient (Wildman–Crippen LogP) is 3.14. The number of nitrogens with one attached hydrogen (secondary N) is 1. The fourth-order valence-electron chi connectivity index (χ4n) is 3.50. The minimum absolute atomic E-state index is 0.0563. The van der Waals surface area contributed by atoms with E-state index in [-0.39, 0.29) is 12.1 Å². The molecule has 2 aliphatic rings. The maximum Gasteiger partial charge on any atom is 0.326 e. The molecule has 3 nitrogen and oxygen atoms in total. The zero-order chi connectivity index (χ0) is 14.0. The minimum Gasteiger partial charge on any atom is -0.456 e. The molecule has 1 fully saturated rings. The van der Waals surface area contributed by atoms with Crippen molar-refractivity contribution in [2.45, 2.75) is 57.1 Å². The molecule has 1 aliphatic carbocycles. The predicted molar refractivity (Wildman–Crippen MR) is 78.5 cm³/mol. The van der Waals surface area contributed by atoms with Crippen LogP contribution in [-0.2, 0) is 16.0 Å². The normalized spacial score (nSPS) is 28.9. The van der Waals surface area contributed by atoms with E-state index < -0.39 is 5.54 Å². The van der Waals surface area contributed by atoms with Crippen LogP contribution in [0.4, 0.5) is 0 Å². The van der Waals surface area contributed by atoms with Crippen molar-refractivity contribution < 1.29 is 9.53 Å². The van der Waals surface area contributed by atoms with E-state index in [1.807, 2.05) is 6.07 Å². The van der Waals surface area contributed by atoms with Gasteiger partial charge in [-0.15, -0.1) is 0 Å². The SMILES string of the molecule is CCC1(C(=O)OC2CCCc3ccccc32)CCCN1. The van der Waals surface area contributed by atoms with Gasteiger partial charge in [-0.1, -0.05) is 31.2 Å². The number of carbonyl (C=O) groups excluding carboxylic acids is 1. The first-order valence-corrected chi connectivity index (χ1v) is 7.79. The summed E-state index contributed by atoms with van der Waals surface area (Å²) in [5.41, 5.74) is 2.10. The van der Waals surface area contributed by atoms with E-state index in [1.54, 1.807) is 0 Å². The van der Waals surface area contributed by atoms with Crippen LogP contribution in [0.15, 0.2) is 24.3 Å². The number of aryl methyl sites for hydroxylation is 1. The average molecular weight is 273 g/mol. The number of rotatable bonds is 3. The van der Waals surface area contributed by atoms with Crippen LogP contribution < -0.4 is 5.32 Å². The molecule has 0 aromatic heterocycles. The molecule has 0 spiro atoms. The summed E-state index contributed by atoms with van der Waals surface area (Å²) in [6.07, 6.45) is 5.85. The molecule has 3 heteroatoms. The van der Waals surface area contributed by atoms with Crippen LogP contribution >= 0.6 is 0 Å². The first kappa shape index (κ1) is 13.6. The van der Waals surface area contributed by atoms with Gasteiger partial charge < -0.3 is 10.1 Å². The standard InChI is InChI=1S/C17H23NO2/c1-2-17(11-6-12-18-17)16(19)20-15-10-5-8-13-7-3-4-9-14(13)15/h3-4,7,9,15,18H,2,5-6,8,10-12H2,1H3. The van der Waals surface area contributed by atoms with Crippen molar-refractivity contribution in [3.05, 3.63) is 35.4 Å². The summed E-state index contributed by atoms with van der Waals surface area (Å²) < 4.78 is 5.89. The van der Waals surface area contributed by atoms with Crippen molar-refractivity contribution in [2.24, 2.45) is 0 Å². The molecule has 1 heterocycles. The highest BCUT2D eigenvalue weighted by atomic mass is 16.5. The zero-order valence-corrected chi connectivity index (χ0v) is 12.2. The molecule has 0 radical (unpaired) electrons. The second-order valence-electron chi connectivity index (χ2n) is 5.95. The van der Waals surface area contributed by atoms with Crippen LogP contribution in [0.5, 0.6) is 0 Å². The first-order chi connectivity index (χ1) is 9.75. The van der Waals surface area contributed by atoms with Gasteiger partial charge in [0.05, 0.1) is 0 Å². The molecule has 1 aromatic rings. The largest absolute Gasteiger partial charge is 0.456 e. The van der Waals surface area contributed by atoms with Crippen LogP contribution in [-0.4, -0.2) is 18.1 Å². The van der Waals surface area contributed by atoms with Crippen LogP contribution in [0.25, 0.3) is 0 Å². The smallest absolute Gasteiger partial charge is 0.326 e. The van der Waals surface area contributed by atoms with Gasteiger partial charge in [0.2, 0.25) is 0 Å². The van der Waals surface area contributed by atoms with Crippen LogP contribution in [0.3, 0.4) is 0 Å². The molecule has 0 bridgehead atoms. The molecule has 0 saturated carbocycles. The molecule has 20 heavy (non-hydrogen) atoms. The summed E-state index contributed by atoms with van der Waals surface area (Å²) >= 11 is 0. The number of hydrogen-bond donors (Lipinski definition) is 1. The molecule has 3 rings (SSSR count). The lowest BCUT2D eigenvalue weighted by Crippen LogP contribution is -2.48. The molecule has 2 atom stereocenters. The Balaban J connectivity index is 1.77. The van der Waals surface area contributed by atoms with Crippen molar-refractivity contribution in [1.29, 1.82) is 0 Å². The maximum absolute atomic E-state index is 12.6. The van der Waals surface area contributed by atoms with E-state index in [1.165, 1.54) is 11.1 Å². The molecule has 108 valence electrons. The van der Waals surface area contributed by atoms with Gasteiger partial charge in [0.1, 0.15) is 11.6 Å². The fraction of sp³-hybridized carbons (Fsp3) is 0.588. The number of carbonyl (C=O) groups is 1. The average Bonchev–Trinajstić information content (AvgIpc) is 2.98. The van der Waals surface area contributed by atoms with Gasteiger partial charge in [0.25, 0.3) is 0 Å². The van der Waals surface area contributed by atoms with E-state index in [0.717, 1.165) is 45.1 Å². The van der Waals surface area contributed by atoms with Gasteiger partial charge in [-0.3, -0.25) is 4.79 Å². The van der Waals surface area contributed by atoms with Gasteiger partial charge in [0, 0.05) is 0 Å². The Morgan fingerprint density at radius 2 is 2.25 bits per heavy atom. The summed E-state index contributed by atoms with van der Waals surface area (Å²) in [5.74, 6) is -0.0563. The molecule has 2 unspecified atom stereocenters. The summed E-state index contributed by atoms with van der Waals surface area (Å²) in [6, 6.07) is 8.36. The highest BCUT2D eigenvalue weighted by Crippen LogP contribution is 2.35. The summed E-state index contributed by atoms with van der Waals surface area (Å²) in [7, 11) is 0. The van der Waals surface area contributed by atoms with Crippen LogP contribution in [0.2, 0.25) is 0 Å². The van der Waals surface area contributed by atoms with Crippen molar-refractivity contribution in [3.8, 4) is 0 Å². The van der Waals surface area contributed by atoms with E-state index in [9.17, 15) is 4.79 Å².